The molecule has 0 aliphatic rings. The molecule has 0 unspecified atom stereocenters. The number of amidine groups is 1. The number of rotatable bonds is 6. The number of aliphatic hydroxyl groups excluding tert-OH is 1. The molecule has 0 aliphatic carbocycles. The Hall–Kier alpha value is -1.83. The van der Waals surface area contributed by atoms with Crippen molar-refractivity contribution in [1.29, 1.82) is 0 Å². The van der Waals surface area contributed by atoms with Gasteiger partial charge in [-0.2, -0.15) is 0 Å². The second kappa shape index (κ2) is 7.82. The van der Waals surface area contributed by atoms with Crippen LogP contribution in [0.1, 0.15) is 41.0 Å². The van der Waals surface area contributed by atoms with E-state index in [1.54, 1.807) is 20.8 Å². The molecule has 0 aromatic rings. The molecule has 21 heavy (non-hydrogen) atoms. The highest BCUT2D eigenvalue weighted by Crippen LogP contribution is 2.15. The molecule has 0 aliphatic heterocycles. The number of carbonyl (C=O) groups excluding carboxylic acids is 2. The van der Waals surface area contributed by atoms with Crippen molar-refractivity contribution < 1.29 is 24.3 Å². The number of oxime groups is 1. The zero-order valence-corrected chi connectivity index (χ0v) is 13.2. The minimum atomic E-state index is -1.04. The van der Waals surface area contributed by atoms with Crippen molar-refractivity contribution in [3.63, 3.8) is 0 Å². The molecule has 0 atom stereocenters. The third kappa shape index (κ3) is 8.85. The lowest BCUT2D eigenvalue weighted by atomic mass is 9.96. The first-order valence-corrected chi connectivity index (χ1v) is 6.59. The molecule has 0 radical (unpaired) electrons. The van der Waals surface area contributed by atoms with Crippen molar-refractivity contribution in [1.82, 2.24) is 5.32 Å². The van der Waals surface area contributed by atoms with Gasteiger partial charge in [0.2, 0.25) is 0 Å². The van der Waals surface area contributed by atoms with Gasteiger partial charge in [0.1, 0.15) is 11.4 Å². The number of hydrogen-bond acceptors (Lipinski definition) is 6. The Bertz CT molecular complexity index is 399. The van der Waals surface area contributed by atoms with E-state index in [2.05, 4.69) is 15.3 Å². The second-order valence-electron chi connectivity index (χ2n) is 6.18. The molecule has 4 N–H and O–H groups in total. The van der Waals surface area contributed by atoms with E-state index in [9.17, 15) is 9.59 Å². The standard InChI is InChI=1S/C13H25N3O5/c1-12(2,3)20-11(19)15-7-6-9(14)16-21-10(18)13(4,5)8-17/h17H,6-8H2,1-5H3,(H2,14,16)(H,15,19). The van der Waals surface area contributed by atoms with Gasteiger partial charge >= 0.3 is 12.1 Å². The Morgan fingerprint density at radius 3 is 2.29 bits per heavy atom. The van der Waals surface area contributed by atoms with Crippen LogP contribution < -0.4 is 11.1 Å². The number of amides is 1. The van der Waals surface area contributed by atoms with Gasteiger partial charge in [0, 0.05) is 13.0 Å². The van der Waals surface area contributed by atoms with Gasteiger partial charge in [0.15, 0.2) is 0 Å². The highest BCUT2D eigenvalue weighted by Gasteiger charge is 2.29. The zero-order chi connectivity index (χ0) is 16.7. The van der Waals surface area contributed by atoms with Crippen LogP contribution >= 0.6 is 0 Å². The molecule has 8 nitrogen and oxygen atoms in total. The van der Waals surface area contributed by atoms with Crippen LogP contribution in [0.5, 0.6) is 0 Å². The summed E-state index contributed by atoms with van der Waals surface area (Å²) in [5, 5.41) is 14.9. The monoisotopic (exact) mass is 303 g/mol. The number of alkyl carbamates (subject to hydrolysis) is 1. The summed E-state index contributed by atoms with van der Waals surface area (Å²) in [6.45, 7) is 8.14. The van der Waals surface area contributed by atoms with Crippen LogP contribution in [0.15, 0.2) is 5.16 Å². The van der Waals surface area contributed by atoms with Crippen LogP contribution in [0.2, 0.25) is 0 Å². The van der Waals surface area contributed by atoms with Crippen LogP contribution in [-0.2, 0) is 14.4 Å². The van der Waals surface area contributed by atoms with Gasteiger partial charge in [0.25, 0.3) is 0 Å². The fraction of sp³-hybridized carbons (Fsp3) is 0.769. The molecule has 8 heteroatoms. The average Bonchev–Trinajstić information content (AvgIpc) is 2.33. The van der Waals surface area contributed by atoms with Gasteiger partial charge in [-0.15, -0.1) is 0 Å². The number of hydrogen-bond donors (Lipinski definition) is 3. The molecule has 0 rings (SSSR count). The maximum absolute atomic E-state index is 11.5. The van der Waals surface area contributed by atoms with E-state index >= 15 is 0 Å². The quantitative estimate of drug-likeness (QED) is 0.288. The van der Waals surface area contributed by atoms with Gasteiger partial charge in [-0.05, 0) is 34.6 Å². The summed E-state index contributed by atoms with van der Waals surface area (Å²) in [5.41, 5.74) is 3.92. The SMILES string of the molecule is CC(C)(C)OC(=O)NCC/C(N)=N\OC(=O)C(C)(C)CO. The lowest BCUT2D eigenvalue weighted by molar-refractivity contribution is -0.156. The van der Waals surface area contributed by atoms with E-state index in [4.69, 9.17) is 15.6 Å². The third-order valence-corrected chi connectivity index (χ3v) is 2.24. The number of nitrogens with zero attached hydrogens (tertiary/aromatic N) is 1. The van der Waals surface area contributed by atoms with Gasteiger partial charge < -0.3 is 25.7 Å². The van der Waals surface area contributed by atoms with E-state index in [-0.39, 0.29) is 25.4 Å². The molecule has 0 saturated heterocycles. The smallest absolute Gasteiger partial charge is 0.407 e. The summed E-state index contributed by atoms with van der Waals surface area (Å²) in [5.74, 6) is -0.638. The first kappa shape index (κ1) is 19.2. The number of nitrogens with one attached hydrogen (secondary N) is 1. The summed E-state index contributed by atoms with van der Waals surface area (Å²) in [6, 6.07) is 0. The summed E-state index contributed by atoms with van der Waals surface area (Å²) in [4.78, 5) is 27.5. The van der Waals surface area contributed by atoms with E-state index in [0.29, 0.717) is 0 Å². The highest BCUT2D eigenvalue weighted by molar-refractivity contribution is 5.82. The normalized spacial score (nSPS) is 12.8. The van der Waals surface area contributed by atoms with Crippen molar-refractivity contribution in [3.8, 4) is 0 Å². The minimum Gasteiger partial charge on any atom is -0.444 e. The molecule has 0 heterocycles. The molecular formula is C13H25N3O5. The molecule has 0 spiro atoms. The van der Waals surface area contributed by atoms with Gasteiger partial charge in [0.05, 0.1) is 12.0 Å². The van der Waals surface area contributed by atoms with Crippen LogP contribution in [0.3, 0.4) is 0 Å². The van der Waals surface area contributed by atoms with Crippen molar-refractivity contribution in [3.05, 3.63) is 0 Å². The Labute approximate surface area is 124 Å². The Morgan fingerprint density at radius 1 is 1.24 bits per heavy atom. The summed E-state index contributed by atoms with van der Waals surface area (Å²) in [7, 11) is 0. The maximum Gasteiger partial charge on any atom is 0.407 e. The second-order valence-corrected chi connectivity index (χ2v) is 6.18. The lowest BCUT2D eigenvalue weighted by Crippen LogP contribution is -2.34. The topological polar surface area (TPSA) is 123 Å². The first-order chi connectivity index (χ1) is 9.48. The third-order valence-electron chi connectivity index (χ3n) is 2.24. The number of ether oxygens (including phenoxy) is 1. The van der Waals surface area contributed by atoms with Crippen LogP contribution in [0.25, 0.3) is 0 Å². The molecule has 0 saturated carbocycles. The van der Waals surface area contributed by atoms with Gasteiger partial charge in [-0.25, -0.2) is 9.59 Å². The maximum atomic E-state index is 11.5. The average molecular weight is 303 g/mol. The van der Waals surface area contributed by atoms with Gasteiger partial charge in [-0.1, -0.05) is 5.16 Å². The molecule has 122 valence electrons. The number of aliphatic hydroxyl groups is 1. The summed E-state index contributed by atoms with van der Waals surface area (Å²) in [6.07, 6.45) is -0.361. The largest absolute Gasteiger partial charge is 0.444 e. The minimum absolute atomic E-state index is 0.0492. The summed E-state index contributed by atoms with van der Waals surface area (Å²) < 4.78 is 5.03. The molecule has 0 aromatic heterocycles. The Balaban J connectivity index is 4.10. The van der Waals surface area contributed by atoms with Gasteiger partial charge in [-0.3, -0.25) is 0 Å². The van der Waals surface area contributed by atoms with E-state index in [1.807, 2.05) is 0 Å². The summed E-state index contributed by atoms with van der Waals surface area (Å²) >= 11 is 0. The Kier molecular flexibility index (Phi) is 7.14. The van der Waals surface area contributed by atoms with Crippen LogP contribution in [0, 0.1) is 5.41 Å². The van der Waals surface area contributed by atoms with Crippen LogP contribution in [-0.4, -0.2) is 41.8 Å². The lowest BCUT2D eigenvalue weighted by Gasteiger charge is -2.19. The van der Waals surface area contributed by atoms with Crippen LogP contribution in [0.4, 0.5) is 4.79 Å². The molecule has 1 amide bonds. The van der Waals surface area contributed by atoms with Crippen molar-refractivity contribution >= 4 is 17.9 Å². The van der Waals surface area contributed by atoms with Crippen molar-refractivity contribution in [2.24, 2.45) is 16.3 Å². The van der Waals surface area contributed by atoms with Crippen molar-refractivity contribution in [2.75, 3.05) is 13.2 Å². The Morgan fingerprint density at radius 2 is 1.81 bits per heavy atom. The molecular weight excluding hydrogens is 278 g/mol. The number of nitrogens with two attached hydrogens (primary N) is 1. The predicted octanol–water partition coefficient (Wildman–Crippen LogP) is 0.735. The predicted molar refractivity (Wildman–Crippen MR) is 77.4 cm³/mol. The fourth-order valence-corrected chi connectivity index (χ4v) is 0.941. The first-order valence-electron chi connectivity index (χ1n) is 6.59. The highest BCUT2D eigenvalue weighted by atomic mass is 16.7. The zero-order valence-electron chi connectivity index (χ0n) is 13.2. The molecule has 0 fully saturated rings. The van der Waals surface area contributed by atoms with E-state index in [0.717, 1.165) is 0 Å². The van der Waals surface area contributed by atoms with E-state index < -0.39 is 23.1 Å². The molecule has 0 aromatic carbocycles. The van der Waals surface area contributed by atoms with Crippen molar-refractivity contribution in [2.45, 2.75) is 46.6 Å². The van der Waals surface area contributed by atoms with E-state index in [1.165, 1.54) is 13.8 Å². The fourth-order valence-electron chi connectivity index (χ4n) is 0.941. The number of carbonyl (C=O) groups is 2. The molecule has 0 bridgehead atoms.